The number of hydrogen-bond donors (Lipinski definition) is 1. The summed E-state index contributed by atoms with van der Waals surface area (Å²) in [5.74, 6) is -0.359. The van der Waals surface area contributed by atoms with E-state index in [0.29, 0.717) is 11.6 Å². The van der Waals surface area contributed by atoms with E-state index in [4.69, 9.17) is 5.11 Å². The summed E-state index contributed by atoms with van der Waals surface area (Å²) < 4.78 is 36.1. The van der Waals surface area contributed by atoms with Crippen LogP contribution in [-0.2, 0) is 6.18 Å². The molecule has 0 saturated carbocycles. The lowest BCUT2D eigenvalue weighted by molar-refractivity contribution is -0.137. The number of alkyl halides is 3. The summed E-state index contributed by atoms with van der Waals surface area (Å²) >= 11 is 0. The van der Waals surface area contributed by atoms with Crippen molar-refractivity contribution in [1.82, 2.24) is 0 Å². The van der Waals surface area contributed by atoms with Gasteiger partial charge in [-0.25, -0.2) is 0 Å². The molecule has 0 radical (unpaired) electrons. The van der Waals surface area contributed by atoms with Crippen molar-refractivity contribution in [3.63, 3.8) is 0 Å². The molecule has 0 aliphatic heterocycles. The number of benzene rings is 1. The second-order valence-electron chi connectivity index (χ2n) is 2.55. The molecule has 0 atom stereocenters. The van der Waals surface area contributed by atoms with Gasteiger partial charge in [0.25, 0.3) is 0 Å². The Balaban J connectivity index is 0.000000791. The second kappa shape index (κ2) is 4.88. The monoisotopic (exact) mass is 206 g/mol. The van der Waals surface area contributed by atoms with Crippen LogP contribution in [0.2, 0.25) is 0 Å². The van der Waals surface area contributed by atoms with Crippen LogP contribution in [0, 0.1) is 6.92 Å². The lowest BCUT2D eigenvalue weighted by Crippen LogP contribution is -2.04. The molecular weight excluding hydrogens is 193 g/mol. The standard InChI is InChI=1S/C8H7F3O.C2H6/c1-5-2-6(8(9,10)11)4-7(12)3-5;1-2/h2-4,12H,1H3;1-2H3. The predicted octanol–water partition coefficient (Wildman–Crippen LogP) is 3.75. The largest absolute Gasteiger partial charge is 0.508 e. The fraction of sp³-hybridized carbons (Fsp3) is 0.400. The van der Waals surface area contributed by atoms with E-state index in [1.165, 1.54) is 13.0 Å². The highest BCUT2D eigenvalue weighted by Gasteiger charge is 2.30. The molecule has 1 aromatic rings. The minimum Gasteiger partial charge on any atom is -0.508 e. The molecule has 0 aliphatic rings. The molecule has 0 unspecified atom stereocenters. The van der Waals surface area contributed by atoms with Gasteiger partial charge in [0.05, 0.1) is 5.56 Å². The summed E-state index contributed by atoms with van der Waals surface area (Å²) in [4.78, 5) is 0. The topological polar surface area (TPSA) is 20.2 Å². The van der Waals surface area contributed by atoms with Crippen molar-refractivity contribution >= 4 is 0 Å². The molecule has 0 fully saturated rings. The highest BCUT2D eigenvalue weighted by Crippen LogP contribution is 2.31. The van der Waals surface area contributed by atoms with E-state index in [-0.39, 0.29) is 5.75 Å². The van der Waals surface area contributed by atoms with Gasteiger partial charge in [-0.05, 0) is 30.7 Å². The highest BCUT2D eigenvalue weighted by molar-refractivity contribution is 5.34. The number of rotatable bonds is 0. The number of phenols is 1. The van der Waals surface area contributed by atoms with Crippen LogP contribution in [0.25, 0.3) is 0 Å². The Bertz CT molecular complexity index is 272. The van der Waals surface area contributed by atoms with Crippen molar-refractivity contribution in [1.29, 1.82) is 0 Å². The van der Waals surface area contributed by atoms with Gasteiger partial charge in [0.15, 0.2) is 0 Å². The summed E-state index contributed by atoms with van der Waals surface area (Å²) in [7, 11) is 0. The molecule has 0 saturated heterocycles. The number of aromatic hydroxyl groups is 1. The van der Waals surface area contributed by atoms with Crippen LogP contribution in [0.15, 0.2) is 18.2 Å². The molecule has 0 spiro atoms. The Hall–Kier alpha value is -1.19. The van der Waals surface area contributed by atoms with Gasteiger partial charge in [0.2, 0.25) is 0 Å². The molecule has 14 heavy (non-hydrogen) atoms. The van der Waals surface area contributed by atoms with E-state index >= 15 is 0 Å². The first-order valence-electron chi connectivity index (χ1n) is 4.27. The van der Waals surface area contributed by atoms with Crippen LogP contribution < -0.4 is 0 Å². The number of phenolic OH excluding ortho intramolecular Hbond substituents is 1. The summed E-state index contributed by atoms with van der Waals surface area (Å²) in [5, 5.41) is 8.86. The molecule has 0 aromatic heterocycles. The minimum atomic E-state index is -4.39. The second-order valence-corrected chi connectivity index (χ2v) is 2.55. The number of halogens is 3. The van der Waals surface area contributed by atoms with Gasteiger partial charge in [-0.15, -0.1) is 0 Å². The molecule has 0 bridgehead atoms. The maximum absolute atomic E-state index is 12.0. The molecule has 0 aliphatic carbocycles. The van der Waals surface area contributed by atoms with E-state index in [9.17, 15) is 13.2 Å². The van der Waals surface area contributed by atoms with Crippen molar-refractivity contribution in [3.8, 4) is 5.75 Å². The Morgan fingerprint density at radius 2 is 1.57 bits per heavy atom. The first-order chi connectivity index (χ1) is 6.39. The van der Waals surface area contributed by atoms with E-state index < -0.39 is 11.7 Å². The van der Waals surface area contributed by atoms with E-state index in [1.54, 1.807) is 0 Å². The lowest BCUT2D eigenvalue weighted by atomic mass is 10.1. The third-order valence-electron chi connectivity index (χ3n) is 1.39. The van der Waals surface area contributed by atoms with Crippen molar-refractivity contribution in [3.05, 3.63) is 29.3 Å². The van der Waals surface area contributed by atoms with Crippen LogP contribution >= 0.6 is 0 Å². The summed E-state index contributed by atoms with van der Waals surface area (Å²) in [5.41, 5.74) is -0.428. The Kier molecular flexibility index (Phi) is 4.47. The number of aryl methyl sites for hydroxylation is 1. The first kappa shape index (κ1) is 12.8. The van der Waals surface area contributed by atoms with E-state index in [1.807, 2.05) is 13.8 Å². The summed E-state index contributed by atoms with van der Waals surface area (Å²) in [6.07, 6.45) is -4.39. The molecule has 1 nitrogen and oxygen atoms in total. The molecule has 0 amide bonds. The molecule has 0 heterocycles. The van der Waals surface area contributed by atoms with Gasteiger partial charge in [-0.2, -0.15) is 13.2 Å². The SMILES string of the molecule is CC.Cc1cc(O)cc(C(F)(F)F)c1. The van der Waals surface area contributed by atoms with Crippen LogP contribution in [0.1, 0.15) is 25.0 Å². The zero-order chi connectivity index (χ0) is 11.4. The Morgan fingerprint density at radius 3 is 1.93 bits per heavy atom. The zero-order valence-corrected chi connectivity index (χ0v) is 8.31. The van der Waals surface area contributed by atoms with Crippen LogP contribution in [-0.4, -0.2) is 5.11 Å². The molecule has 4 heteroatoms. The van der Waals surface area contributed by atoms with Crippen molar-refractivity contribution in [2.75, 3.05) is 0 Å². The first-order valence-corrected chi connectivity index (χ1v) is 4.27. The molecule has 1 aromatic carbocycles. The average molecular weight is 206 g/mol. The van der Waals surface area contributed by atoms with Gasteiger partial charge < -0.3 is 5.11 Å². The fourth-order valence-electron chi connectivity index (χ4n) is 0.927. The van der Waals surface area contributed by atoms with E-state index in [2.05, 4.69) is 0 Å². The quantitative estimate of drug-likeness (QED) is 0.685. The lowest BCUT2D eigenvalue weighted by Gasteiger charge is -2.07. The number of hydrogen-bond acceptors (Lipinski definition) is 1. The normalized spacial score (nSPS) is 10.4. The van der Waals surface area contributed by atoms with Gasteiger partial charge >= 0.3 is 6.18 Å². The van der Waals surface area contributed by atoms with Gasteiger partial charge in [-0.1, -0.05) is 13.8 Å². The van der Waals surface area contributed by atoms with Crippen LogP contribution in [0.5, 0.6) is 5.75 Å². The van der Waals surface area contributed by atoms with Crippen molar-refractivity contribution < 1.29 is 18.3 Å². The maximum atomic E-state index is 12.0. The van der Waals surface area contributed by atoms with Crippen molar-refractivity contribution in [2.24, 2.45) is 0 Å². The molecule has 80 valence electrons. The fourth-order valence-corrected chi connectivity index (χ4v) is 0.927. The minimum absolute atomic E-state index is 0.359. The zero-order valence-electron chi connectivity index (χ0n) is 8.31. The molecular formula is C10H13F3O. The molecule has 1 N–H and O–H groups in total. The van der Waals surface area contributed by atoms with Gasteiger partial charge in [0, 0.05) is 0 Å². The predicted molar refractivity (Wildman–Crippen MR) is 49.2 cm³/mol. The smallest absolute Gasteiger partial charge is 0.416 e. The van der Waals surface area contributed by atoms with Gasteiger partial charge in [0.1, 0.15) is 5.75 Å². The summed E-state index contributed by atoms with van der Waals surface area (Å²) in [6.45, 7) is 5.50. The summed E-state index contributed by atoms with van der Waals surface area (Å²) in [6, 6.07) is 2.96. The third-order valence-corrected chi connectivity index (χ3v) is 1.39. The van der Waals surface area contributed by atoms with Gasteiger partial charge in [-0.3, -0.25) is 0 Å². The molecule has 1 rings (SSSR count). The maximum Gasteiger partial charge on any atom is 0.416 e. The van der Waals surface area contributed by atoms with Crippen LogP contribution in [0.3, 0.4) is 0 Å². The third kappa shape index (κ3) is 3.68. The Labute approximate surface area is 81.2 Å². The van der Waals surface area contributed by atoms with Crippen molar-refractivity contribution in [2.45, 2.75) is 26.9 Å². The highest BCUT2D eigenvalue weighted by atomic mass is 19.4. The van der Waals surface area contributed by atoms with Crippen LogP contribution in [0.4, 0.5) is 13.2 Å². The van der Waals surface area contributed by atoms with E-state index in [0.717, 1.165) is 6.07 Å². The Morgan fingerprint density at radius 1 is 1.07 bits per heavy atom. The average Bonchev–Trinajstić information content (AvgIpc) is 2.04.